The van der Waals surface area contributed by atoms with Crippen LogP contribution in [0.25, 0.3) is 0 Å². The van der Waals surface area contributed by atoms with E-state index in [1.165, 1.54) is 14.2 Å². The van der Waals surface area contributed by atoms with Gasteiger partial charge in [-0.15, -0.1) is 0 Å². The van der Waals surface area contributed by atoms with Crippen LogP contribution in [0.15, 0.2) is 30.3 Å². The van der Waals surface area contributed by atoms with Crippen molar-refractivity contribution in [1.82, 2.24) is 25.3 Å². The van der Waals surface area contributed by atoms with E-state index < -0.39 is 60.2 Å². The van der Waals surface area contributed by atoms with Gasteiger partial charge in [-0.25, -0.2) is 4.79 Å². The second-order valence-electron chi connectivity index (χ2n) is 15.6. The third kappa shape index (κ3) is 12.2. The normalized spacial score (nSPS) is 19.2. The van der Waals surface area contributed by atoms with Crippen LogP contribution in [0.1, 0.15) is 79.7 Å². The highest BCUT2D eigenvalue weighted by molar-refractivity contribution is 5.90. The lowest BCUT2D eigenvalue weighted by Crippen LogP contribution is -2.59. The quantitative estimate of drug-likeness (QED) is 0.172. The van der Waals surface area contributed by atoms with Gasteiger partial charge in [-0.3, -0.25) is 24.1 Å². The minimum absolute atomic E-state index is 0.0104. The molecular weight excluding hydrogens is 678 g/mol. The number of likely N-dealkylation sites (N-methyl/N-ethyl adjacent to an activating group) is 2. The number of hydrogen-bond donors (Lipinski definition) is 3. The van der Waals surface area contributed by atoms with Gasteiger partial charge in [-0.1, -0.05) is 85.2 Å². The first kappa shape index (κ1) is 45.6. The third-order valence-electron chi connectivity index (χ3n) is 10.8. The highest BCUT2D eigenvalue weighted by Gasteiger charge is 2.43. The number of amides is 4. The molecule has 0 radical (unpaired) electrons. The van der Waals surface area contributed by atoms with Gasteiger partial charge in [-0.2, -0.15) is 0 Å². The Hall–Kier alpha value is -3.55. The molecule has 4 amide bonds. The molecule has 0 bridgehead atoms. The zero-order chi connectivity index (χ0) is 40.2. The largest absolute Gasteiger partial charge is 0.480 e. The van der Waals surface area contributed by atoms with Gasteiger partial charge < -0.3 is 35.0 Å². The predicted molar refractivity (Wildman–Crippen MR) is 205 cm³/mol. The number of carbonyl (C=O) groups excluding carboxylic acids is 4. The number of hydrogen-bond acceptors (Lipinski definition) is 8. The van der Waals surface area contributed by atoms with E-state index in [4.69, 9.17) is 9.47 Å². The van der Waals surface area contributed by atoms with Crippen molar-refractivity contribution in [2.75, 3.05) is 41.9 Å². The maximum atomic E-state index is 14.2. The highest BCUT2D eigenvalue weighted by Crippen LogP contribution is 2.30. The van der Waals surface area contributed by atoms with Crippen molar-refractivity contribution in [2.24, 2.45) is 23.7 Å². The standard InChI is InChI=1S/C40H67N5O8/c1-13-26(6)35(44(10)39(49)33(24(2)3)42-38(48)34(25(4)5)43(8)9)31(52-11)23-32(46)45-21-17-20-30(45)36(53-12)27(7)37(47)41-29(40(50)51)22-28-18-15-14-16-19-28/h14-16,18-19,24-27,29-31,33-36H,13,17,20-23H2,1-12H3,(H,41,47)(H,42,48)(H,50,51)/t26-,27+,29?,30-,31+,33?,34?,35-,36?/m0/s1. The van der Waals surface area contributed by atoms with Gasteiger partial charge in [-0.05, 0) is 50.3 Å². The Morgan fingerprint density at radius 1 is 0.906 bits per heavy atom. The first-order chi connectivity index (χ1) is 24.9. The summed E-state index contributed by atoms with van der Waals surface area (Å²) in [5, 5.41) is 15.6. The molecule has 1 heterocycles. The monoisotopic (exact) mass is 745 g/mol. The minimum Gasteiger partial charge on any atom is -0.480 e. The van der Waals surface area contributed by atoms with E-state index in [2.05, 4.69) is 10.6 Å². The van der Waals surface area contributed by atoms with Crippen LogP contribution in [0.3, 0.4) is 0 Å². The van der Waals surface area contributed by atoms with Crippen molar-refractivity contribution in [2.45, 2.75) is 123 Å². The molecule has 13 heteroatoms. The van der Waals surface area contributed by atoms with Gasteiger partial charge in [0.2, 0.25) is 23.6 Å². The summed E-state index contributed by atoms with van der Waals surface area (Å²) in [5.41, 5.74) is 0.785. The first-order valence-electron chi connectivity index (χ1n) is 19.1. The first-order valence-corrected chi connectivity index (χ1v) is 19.1. The molecular formula is C40H67N5O8. The molecule has 1 aliphatic rings. The lowest BCUT2D eigenvalue weighted by molar-refractivity contribution is -0.148. The maximum Gasteiger partial charge on any atom is 0.326 e. The fourth-order valence-electron chi connectivity index (χ4n) is 7.76. The van der Waals surface area contributed by atoms with Crippen LogP contribution in [0.2, 0.25) is 0 Å². The maximum absolute atomic E-state index is 14.2. The van der Waals surface area contributed by atoms with Crippen molar-refractivity contribution in [3.63, 3.8) is 0 Å². The number of carboxylic acid groups (broad SMARTS) is 1. The number of rotatable bonds is 21. The van der Waals surface area contributed by atoms with Crippen LogP contribution in [-0.4, -0.2) is 134 Å². The summed E-state index contributed by atoms with van der Waals surface area (Å²) in [7, 11) is 8.44. The van der Waals surface area contributed by atoms with Crippen molar-refractivity contribution < 1.29 is 38.6 Å². The fourth-order valence-corrected chi connectivity index (χ4v) is 7.76. The van der Waals surface area contributed by atoms with E-state index in [1.54, 1.807) is 23.8 Å². The van der Waals surface area contributed by atoms with Crippen LogP contribution >= 0.6 is 0 Å². The lowest BCUT2D eigenvalue weighted by atomic mass is 9.89. The molecule has 1 aliphatic heterocycles. The highest BCUT2D eigenvalue weighted by atomic mass is 16.5. The summed E-state index contributed by atoms with van der Waals surface area (Å²) in [6, 6.07) is 5.89. The van der Waals surface area contributed by atoms with E-state index in [1.807, 2.05) is 90.9 Å². The predicted octanol–water partition coefficient (Wildman–Crippen LogP) is 3.45. The van der Waals surface area contributed by atoms with Crippen LogP contribution < -0.4 is 10.6 Å². The van der Waals surface area contributed by atoms with Gasteiger partial charge in [0.05, 0.1) is 42.7 Å². The molecule has 0 aliphatic carbocycles. The van der Waals surface area contributed by atoms with Crippen molar-refractivity contribution >= 4 is 29.6 Å². The zero-order valence-corrected chi connectivity index (χ0v) is 34.1. The van der Waals surface area contributed by atoms with Gasteiger partial charge in [0.25, 0.3) is 0 Å². The number of carboxylic acids is 1. The number of benzene rings is 1. The fraction of sp³-hybridized carbons (Fsp3) is 0.725. The Bertz CT molecular complexity index is 1330. The topological polar surface area (TPSA) is 158 Å². The number of ether oxygens (including phenoxy) is 2. The Morgan fingerprint density at radius 2 is 1.53 bits per heavy atom. The lowest BCUT2D eigenvalue weighted by Gasteiger charge is -2.41. The Balaban J connectivity index is 2.27. The molecule has 53 heavy (non-hydrogen) atoms. The molecule has 3 N–H and O–H groups in total. The van der Waals surface area contributed by atoms with E-state index in [-0.39, 0.29) is 48.3 Å². The van der Waals surface area contributed by atoms with Gasteiger partial charge in [0.1, 0.15) is 12.1 Å². The molecule has 2 rings (SSSR count). The summed E-state index contributed by atoms with van der Waals surface area (Å²) < 4.78 is 11.9. The molecule has 300 valence electrons. The van der Waals surface area contributed by atoms with Gasteiger partial charge in [0, 0.05) is 34.2 Å². The minimum atomic E-state index is -1.14. The van der Waals surface area contributed by atoms with Crippen LogP contribution in [0.5, 0.6) is 0 Å². The van der Waals surface area contributed by atoms with E-state index in [9.17, 15) is 29.1 Å². The molecule has 9 atom stereocenters. The van der Waals surface area contributed by atoms with Gasteiger partial charge in [0.15, 0.2) is 0 Å². The smallest absolute Gasteiger partial charge is 0.326 e. The number of aliphatic carboxylic acids is 1. The molecule has 1 aromatic carbocycles. The Kier molecular flexibility index (Phi) is 18.4. The Labute approximate surface area is 317 Å². The van der Waals surface area contributed by atoms with Crippen molar-refractivity contribution in [1.29, 1.82) is 0 Å². The Morgan fingerprint density at radius 3 is 2.02 bits per heavy atom. The number of nitrogens with one attached hydrogen (secondary N) is 2. The number of nitrogens with zero attached hydrogens (tertiary/aromatic N) is 3. The summed E-state index contributed by atoms with van der Waals surface area (Å²) in [4.78, 5) is 72.5. The average molecular weight is 746 g/mol. The zero-order valence-electron chi connectivity index (χ0n) is 34.1. The van der Waals surface area contributed by atoms with Crippen LogP contribution in [-0.2, 0) is 39.9 Å². The molecule has 0 saturated carbocycles. The van der Waals surface area contributed by atoms with Crippen LogP contribution in [0, 0.1) is 23.7 Å². The summed E-state index contributed by atoms with van der Waals surface area (Å²) in [5.74, 6) is -3.21. The third-order valence-corrected chi connectivity index (χ3v) is 10.8. The number of carbonyl (C=O) groups is 5. The van der Waals surface area contributed by atoms with E-state index in [0.717, 1.165) is 12.0 Å². The molecule has 0 aromatic heterocycles. The number of likely N-dealkylation sites (tertiary alicyclic amines) is 1. The molecule has 1 saturated heterocycles. The summed E-state index contributed by atoms with van der Waals surface area (Å²) in [6.07, 6.45) is 0.820. The average Bonchev–Trinajstić information content (AvgIpc) is 3.59. The summed E-state index contributed by atoms with van der Waals surface area (Å²) in [6.45, 7) is 13.9. The molecule has 13 nitrogen and oxygen atoms in total. The molecule has 1 aromatic rings. The number of methoxy groups -OCH3 is 2. The van der Waals surface area contributed by atoms with E-state index in [0.29, 0.717) is 19.4 Å². The molecule has 1 fully saturated rings. The van der Waals surface area contributed by atoms with Crippen molar-refractivity contribution in [3.05, 3.63) is 35.9 Å². The van der Waals surface area contributed by atoms with Crippen LogP contribution in [0.4, 0.5) is 0 Å². The van der Waals surface area contributed by atoms with Gasteiger partial charge >= 0.3 is 5.97 Å². The second kappa shape index (κ2) is 21.4. The van der Waals surface area contributed by atoms with E-state index >= 15 is 0 Å². The SMILES string of the molecule is CC[C@H](C)[C@@H]([C@@H](CC(=O)N1CCC[C@H]1C(OC)[C@@H](C)C(=O)NC(Cc1ccccc1)C(=O)O)OC)N(C)C(=O)C(NC(=O)C(C(C)C)N(C)C)C(C)C. The molecule has 4 unspecified atom stereocenters. The second-order valence-corrected chi connectivity index (χ2v) is 15.6. The summed E-state index contributed by atoms with van der Waals surface area (Å²) >= 11 is 0. The van der Waals surface area contributed by atoms with Crippen molar-refractivity contribution in [3.8, 4) is 0 Å². The molecule has 0 spiro atoms.